The molecule has 0 saturated heterocycles. The molecule has 0 spiro atoms. The van der Waals surface area contributed by atoms with Gasteiger partial charge in [-0.3, -0.25) is 0 Å². The number of rotatable bonds is 5. The van der Waals surface area contributed by atoms with E-state index in [1.54, 1.807) is 7.11 Å². The van der Waals surface area contributed by atoms with Crippen LogP contribution >= 0.6 is 0 Å². The zero-order valence-electron chi connectivity index (χ0n) is 9.87. The van der Waals surface area contributed by atoms with Gasteiger partial charge in [-0.1, -0.05) is 0 Å². The molecule has 3 unspecified atom stereocenters. The van der Waals surface area contributed by atoms with E-state index in [1.807, 2.05) is 33.3 Å². The lowest BCUT2D eigenvalue weighted by molar-refractivity contribution is -0.153. The zero-order chi connectivity index (χ0) is 11.3. The highest BCUT2D eigenvalue weighted by Crippen LogP contribution is 2.07. The standard InChI is InChI=1S/C10H21O3S/c1-7(12-4)8(2)13-10(11)9(3)14(5)6/h7-9H,1-6H3/q+1. The quantitative estimate of drug-likeness (QED) is 0.517. The van der Waals surface area contributed by atoms with Crippen molar-refractivity contribution in [2.45, 2.75) is 38.2 Å². The van der Waals surface area contributed by atoms with E-state index in [2.05, 4.69) is 0 Å². The minimum Gasteiger partial charge on any atom is -0.456 e. The zero-order valence-corrected chi connectivity index (χ0v) is 10.7. The van der Waals surface area contributed by atoms with Crippen LogP contribution in [-0.2, 0) is 25.2 Å². The summed E-state index contributed by atoms with van der Waals surface area (Å²) >= 11 is 0. The van der Waals surface area contributed by atoms with Crippen molar-refractivity contribution in [3.63, 3.8) is 0 Å². The van der Waals surface area contributed by atoms with E-state index in [9.17, 15) is 4.79 Å². The Balaban J connectivity index is 4.05. The highest BCUT2D eigenvalue weighted by molar-refractivity contribution is 7.96. The molecule has 0 aromatic heterocycles. The molecule has 4 heteroatoms. The van der Waals surface area contributed by atoms with Crippen molar-refractivity contribution in [1.82, 2.24) is 0 Å². The van der Waals surface area contributed by atoms with E-state index < -0.39 is 0 Å². The summed E-state index contributed by atoms with van der Waals surface area (Å²) in [6, 6.07) is 0. The van der Waals surface area contributed by atoms with E-state index in [4.69, 9.17) is 9.47 Å². The fraction of sp³-hybridized carbons (Fsp3) is 0.900. The molecular formula is C10H21O3S+. The summed E-state index contributed by atoms with van der Waals surface area (Å²) in [6.45, 7) is 5.64. The van der Waals surface area contributed by atoms with Crippen LogP contribution < -0.4 is 0 Å². The molecule has 0 aliphatic heterocycles. The summed E-state index contributed by atoms with van der Waals surface area (Å²) in [5.74, 6) is -0.130. The lowest BCUT2D eigenvalue weighted by Gasteiger charge is -2.20. The van der Waals surface area contributed by atoms with Crippen LogP contribution in [0.15, 0.2) is 0 Å². The number of methoxy groups -OCH3 is 1. The summed E-state index contributed by atoms with van der Waals surface area (Å²) in [4.78, 5) is 11.5. The van der Waals surface area contributed by atoms with E-state index in [-0.39, 0.29) is 34.3 Å². The molecule has 14 heavy (non-hydrogen) atoms. The Kier molecular flexibility index (Phi) is 6.20. The van der Waals surface area contributed by atoms with Gasteiger partial charge in [0.05, 0.1) is 18.6 Å². The molecule has 0 radical (unpaired) electrons. The largest absolute Gasteiger partial charge is 0.456 e. The lowest BCUT2D eigenvalue weighted by atomic mass is 10.2. The van der Waals surface area contributed by atoms with Crippen molar-refractivity contribution < 1.29 is 14.3 Å². The lowest BCUT2D eigenvalue weighted by Crippen LogP contribution is -2.34. The van der Waals surface area contributed by atoms with Crippen molar-refractivity contribution in [2.75, 3.05) is 19.6 Å². The molecule has 0 fully saturated rings. The first-order valence-electron chi connectivity index (χ1n) is 4.69. The number of esters is 1. The molecule has 0 rings (SSSR count). The average molecular weight is 221 g/mol. The molecule has 0 N–H and O–H groups in total. The molecule has 0 amide bonds. The summed E-state index contributed by atoms with van der Waals surface area (Å²) in [5.41, 5.74) is 0. The number of ether oxygens (including phenoxy) is 2. The van der Waals surface area contributed by atoms with Crippen LogP contribution in [0.4, 0.5) is 0 Å². The van der Waals surface area contributed by atoms with Gasteiger partial charge in [0.1, 0.15) is 6.10 Å². The molecule has 0 aliphatic carbocycles. The van der Waals surface area contributed by atoms with Gasteiger partial charge in [0.2, 0.25) is 5.25 Å². The van der Waals surface area contributed by atoms with Crippen molar-refractivity contribution in [3.8, 4) is 0 Å². The Hall–Kier alpha value is -0.220. The van der Waals surface area contributed by atoms with Gasteiger partial charge in [-0.05, 0) is 31.7 Å². The van der Waals surface area contributed by atoms with Crippen LogP contribution in [0, 0.1) is 0 Å². The summed E-state index contributed by atoms with van der Waals surface area (Å²) in [6.07, 6.45) is 3.84. The molecule has 0 heterocycles. The van der Waals surface area contributed by atoms with Crippen molar-refractivity contribution in [1.29, 1.82) is 0 Å². The molecule has 84 valence electrons. The summed E-state index contributed by atoms with van der Waals surface area (Å²) in [7, 11) is 1.68. The highest BCUT2D eigenvalue weighted by Gasteiger charge is 2.28. The second-order valence-corrected chi connectivity index (χ2v) is 6.07. The molecule has 3 nitrogen and oxygen atoms in total. The molecule has 0 aromatic rings. The molecule has 0 aliphatic rings. The van der Waals surface area contributed by atoms with Crippen LogP contribution in [0.2, 0.25) is 0 Å². The van der Waals surface area contributed by atoms with Crippen molar-refractivity contribution in [2.24, 2.45) is 0 Å². The number of carbonyl (C=O) groups excluding carboxylic acids is 1. The SMILES string of the molecule is COC(C)C(C)OC(=O)C(C)[S+](C)C. The van der Waals surface area contributed by atoms with Gasteiger partial charge in [0.15, 0.2) is 0 Å². The smallest absolute Gasteiger partial charge is 0.359 e. The second kappa shape index (κ2) is 6.30. The maximum atomic E-state index is 11.5. The Morgan fingerprint density at radius 3 is 2.00 bits per heavy atom. The van der Waals surface area contributed by atoms with Gasteiger partial charge in [-0.15, -0.1) is 0 Å². The van der Waals surface area contributed by atoms with Gasteiger partial charge in [-0.25, -0.2) is 4.79 Å². The van der Waals surface area contributed by atoms with Crippen LogP contribution in [0.25, 0.3) is 0 Å². The molecule has 0 saturated carbocycles. The number of hydrogen-bond donors (Lipinski definition) is 0. The third kappa shape index (κ3) is 4.33. The highest BCUT2D eigenvalue weighted by atomic mass is 32.2. The minimum absolute atomic E-state index is 0.0264. The summed E-state index contributed by atoms with van der Waals surface area (Å²) in [5, 5.41) is -0.0264. The predicted octanol–water partition coefficient (Wildman–Crippen LogP) is 1.22. The van der Waals surface area contributed by atoms with Gasteiger partial charge in [0, 0.05) is 7.11 Å². The maximum absolute atomic E-state index is 11.5. The fourth-order valence-corrected chi connectivity index (χ4v) is 1.20. The van der Waals surface area contributed by atoms with E-state index in [1.165, 1.54) is 0 Å². The van der Waals surface area contributed by atoms with Gasteiger partial charge in [-0.2, -0.15) is 0 Å². The first-order chi connectivity index (χ1) is 6.40. The van der Waals surface area contributed by atoms with Crippen LogP contribution in [0.1, 0.15) is 20.8 Å². The average Bonchev–Trinajstić information content (AvgIpc) is 2.14. The summed E-state index contributed by atoms with van der Waals surface area (Å²) < 4.78 is 10.3. The predicted molar refractivity (Wildman–Crippen MR) is 60.7 cm³/mol. The Morgan fingerprint density at radius 1 is 1.14 bits per heavy atom. The van der Waals surface area contributed by atoms with Gasteiger partial charge >= 0.3 is 5.97 Å². The van der Waals surface area contributed by atoms with Gasteiger partial charge in [0.25, 0.3) is 0 Å². The Bertz CT molecular complexity index is 182. The first kappa shape index (κ1) is 13.8. The van der Waals surface area contributed by atoms with Crippen LogP contribution in [-0.4, -0.2) is 43.0 Å². The first-order valence-corrected chi connectivity index (χ1v) is 6.80. The Labute approximate surface area is 89.5 Å². The monoisotopic (exact) mass is 221 g/mol. The number of hydrogen-bond acceptors (Lipinski definition) is 3. The van der Waals surface area contributed by atoms with Crippen molar-refractivity contribution >= 4 is 16.9 Å². The fourth-order valence-electron chi connectivity index (χ4n) is 0.759. The molecule has 0 aromatic carbocycles. The third-order valence-corrected chi connectivity index (χ3v) is 3.98. The Morgan fingerprint density at radius 2 is 1.64 bits per heavy atom. The van der Waals surface area contributed by atoms with E-state index >= 15 is 0 Å². The van der Waals surface area contributed by atoms with E-state index in [0.29, 0.717) is 0 Å². The normalized spacial score (nSPS) is 17.6. The van der Waals surface area contributed by atoms with Crippen molar-refractivity contribution in [3.05, 3.63) is 0 Å². The maximum Gasteiger partial charge on any atom is 0.359 e. The second-order valence-electron chi connectivity index (χ2n) is 3.60. The van der Waals surface area contributed by atoms with Crippen LogP contribution in [0.5, 0.6) is 0 Å². The minimum atomic E-state index is -0.182. The molecule has 3 atom stereocenters. The molecular weight excluding hydrogens is 200 g/mol. The number of carbonyl (C=O) groups is 1. The molecule has 0 bridgehead atoms. The topological polar surface area (TPSA) is 35.5 Å². The van der Waals surface area contributed by atoms with Gasteiger partial charge < -0.3 is 9.47 Å². The van der Waals surface area contributed by atoms with E-state index in [0.717, 1.165) is 0 Å². The third-order valence-electron chi connectivity index (χ3n) is 2.37. The van der Waals surface area contributed by atoms with Crippen LogP contribution in [0.3, 0.4) is 0 Å².